The first-order chi connectivity index (χ1) is 12.6. The van der Waals surface area contributed by atoms with Crippen LogP contribution in [0.3, 0.4) is 0 Å². The van der Waals surface area contributed by atoms with Crippen LogP contribution in [0.15, 0.2) is 24.5 Å². The Morgan fingerprint density at radius 1 is 1.15 bits per heavy atom. The molecule has 1 fully saturated rings. The fourth-order valence-corrected chi connectivity index (χ4v) is 4.49. The molecular weight excluding hydrogens is 322 g/mol. The number of likely N-dealkylation sites (tertiary alicyclic amines) is 1. The molecule has 26 heavy (non-hydrogen) atoms. The highest BCUT2D eigenvalue weighted by atomic mass is 15.2. The quantitative estimate of drug-likeness (QED) is 0.847. The molecule has 0 radical (unpaired) electrons. The molecule has 3 heterocycles. The number of pyridine rings is 1. The van der Waals surface area contributed by atoms with E-state index in [0.717, 1.165) is 38.4 Å². The van der Waals surface area contributed by atoms with Gasteiger partial charge in [-0.2, -0.15) is 0 Å². The average molecular weight is 351 g/mol. The molecule has 2 aromatic heterocycles. The summed E-state index contributed by atoms with van der Waals surface area (Å²) in [5.74, 6) is 0.832. The molecule has 1 aliphatic heterocycles. The molecule has 0 amide bonds. The van der Waals surface area contributed by atoms with Crippen LogP contribution in [-0.2, 0) is 24.8 Å². The number of hydrogen-bond donors (Lipinski definition) is 0. The SMILES string of the molecule is CCc1ccc(CN2CCCC3(CCc4cnc(N(C)C)nc43)C2)nc1. The third kappa shape index (κ3) is 3.20. The number of aryl methyl sites for hydroxylation is 2. The highest BCUT2D eigenvalue weighted by Crippen LogP contribution is 2.44. The molecule has 5 heteroatoms. The Kier molecular flexibility index (Phi) is 4.65. The fraction of sp³-hybridized carbons (Fsp3) is 0.571. The highest BCUT2D eigenvalue weighted by molar-refractivity contribution is 5.39. The summed E-state index contributed by atoms with van der Waals surface area (Å²) in [5, 5.41) is 0. The Hall–Kier alpha value is -2.01. The van der Waals surface area contributed by atoms with E-state index in [-0.39, 0.29) is 5.41 Å². The Morgan fingerprint density at radius 2 is 2.04 bits per heavy atom. The number of fused-ring (bicyclic) bond motifs is 2. The molecule has 5 nitrogen and oxygen atoms in total. The zero-order chi connectivity index (χ0) is 18.1. The predicted molar refractivity (Wildman–Crippen MR) is 104 cm³/mol. The van der Waals surface area contributed by atoms with Crippen LogP contribution in [0, 0.1) is 0 Å². The standard InChI is InChI=1S/C21H29N5/c1-4-16-6-7-18(22-12-16)14-26-11-5-9-21(15-26)10-8-17-13-23-20(25(2)3)24-19(17)21/h6-7,12-13H,4-5,8-11,14-15H2,1-3H3. The summed E-state index contributed by atoms with van der Waals surface area (Å²) in [4.78, 5) is 18.7. The molecule has 1 unspecified atom stereocenters. The molecule has 1 saturated heterocycles. The lowest BCUT2D eigenvalue weighted by molar-refractivity contribution is 0.135. The average Bonchev–Trinajstić information content (AvgIpc) is 3.00. The van der Waals surface area contributed by atoms with Crippen LogP contribution in [0.5, 0.6) is 0 Å². The van der Waals surface area contributed by atoms with Crippen LogP contribution >= 0.6 is 0 Å². The van der Waals surface area contributed by atoms with Gasteiger partial charge in [0.05, 0.1) is 11.4 Å². The second kappa shape index (κ2) is 6.95. The van der Waals surface area contributed by atoms with Crippen molar-refractivity contribution in [2.75, 3.05) is 32.1 Å². The normalized spacial score (nSPS) is 22.6. The molecule has 2 aliphatic rings. The number of anilines is 1. The van der Waals surface area contributed by atoms with Crippen LogP contribution in [0.2, 0.25) is 0 Å². The van der Waals surface area contributed by atoms with E-state index in [1.807, 2.05) is 25.2 Å². The van der Waals surface area contributed by atoms with Gasteiger partial charge in [0.2, 0.25) is 5.95 Å². The third-order valence-electron chi connectivity index (χ3n) is 5.96. The van der Waals surface area contributed by atoms with Gasteiger partial charge in [0.25, 0.3) is 0 Å². The van der Waals surface area contributed by atoms with Crippen molar-refractivity contribution in [3.8, 4) is 0 Å². The van der Waals surface area contributed by atoms with Gasteiger partial charge in [0.15, 0.2) is 0 Å². The molecule has 0 saturated carbocycles. The molecule has 1 aliphatic carbocycles. The summed E-state index contributed by atoms with van der Waals surface area (Å²) in [6.07, 6.45) is 9.90. The number of piperidine rings is 1. The summed E-state index contributed by atoms with van der Waals surface area (Å²) in [7, 11) is 4.03. The molecule has 4 rings (SSSR count). The van der Waals surface area contributed by atoms with Crippen LogP contribution in [0.1, 0.15) is 48.7 Å². The minimum Gasteiger partial charge on any atom is -0.347 e. The van der Waals surface area contributed by atoms with E-state index in [0.29, 0.717) is 0 Å². The first-order valence-electron chi connectivity index (χ1n) is 9.79. The number of hydrogen-bond acceptors (Lipinski definition) is 5. The van der Waals surface area contributed by atoms with E-state index in [1.54, 1.807) is 0 Å². The lowest BCUT2D eigenvalue weighted by atomic mass is 9.77. The smallest absolute Gasteiger partial charge is 0.225 e. The van der Waals surface area contributed by atoms with Crippen molar-refractivity contribution in [3.05, 3.63) is 47.0 Å². The Labute approximate surface area is 156 Å². The van der Waals surface area contributed by atoms with E-state index < -0.39 is 0 Å². The van der Waals surface area contributed by atoms with Gasteiger partial charge in [0.1, 0.15) is 0 Å². The maximum Gasteiger partial charge on any atom is 0.225 e. The van der Waals surface area contributed by atoms with E-state index >= 15 is 0 Å². The van der Waals surface area contributed by atoms with E-state index in [2.05, 4.69) is 40.1 Å². The van der Waals surface area contributed by atoms with E-state index in [1.165, 1.54) is 41.8 Å². The number of rotatable bonds is 4. The summed E-state index contributed by atoms with van der Waals surface area (Å²) in [5.41, 5.74) is 5.33. The predicted octanol–water partition coefficient (Wildman–Crippen LogP) is 2.98. The molecule has 2 aromatic rings. The molecule has 138 valence electrons. The van der Waals surface area contributed by atoms with Gasteiger partial charge < -0.3 is 4.90 Å². The van der Waals surface area contributed by atoms with Gasteiger partial charge >= 0.3 is 0 Å². The number of aromatic nitrogens is 3. The zero-order valence-corrected chi connectivity index (χ0v) is 16.2. The van der Waals surface area contributed by atoms with Crippen molar-refractivity contribution in [2.24, 2.45) is 0 Å². The first-order valence-corrected chi connectivity index (χ1v) is 9.79. The van der Waals surface area contributed by atoms with E-state index in [4.69, 9.17) is 4.98 Å². The second-order valence-electron chi connectivity index (χ2n) is 8.04. The Bertz CT molecular complexity index is 766. The lowest BCUT2D eigenvalue weighted by Crippen LogP contribution is -2.45. The minimum atomic E-state index is 0.199. The molecule has 0 N–H and O–H groups in total. The Morgan fingerprint density at radius 3 is 2.77 bits per heavy atom. The molecule has 0 aromatic carbocycles. The van der Waals surface area contributed by atoms with Crippen molar-refractivity contribution in [3.63, 3.8) is 0 Å². The van der Waals surface area contributed by atoms with Crippen LogP contribution in [-0.4, -0.2) is 47.0 Å². The van der Waals surface area contributed by atoms with Crippen molar-refractivity contribution in [1.29, 1.82) is 0 Å². The first kappa shape index (κ1) is 17.4. The monoisotopic (exact) mass is 351 g/mol. The molecular formula is C21H29N5. The minimum absolute atomic E-state index is 0.199. The molecule has 0 bridgehead atoms. The summed E-state index contributed by atoms with van der Waals surface area (Å²) < 4.78 is 0. The van der Waals surface area contributed by atoms with Crippen molar-refractivity contribution < 1.29 is 0 Å². The van der Waals surface area contributed by atoms with Gasteiger partial charge in [0, 0.05) is 45.0 Å². The van der Waals surface area contributed by atoms with Gasteiger partial charge in [-0.25, -0.2) is 9.97 Å². The maximum atomic E-state index is 4.97. The second-order valence-corrected chi connectivity index (χ2v) is 8.04. The summed E-state index contributed by atoms with van der Waals surface area (Å²) >= 11 is 0. The highest BCUT2D eigenvalue weighted by Gasteiger charge is 2.43. The summed E-state index contributed by atoms with van der Waals surface area (Å²) in [6.45, 7) is 5.35. The van der Waals surface area contributed by atoms with Gasteiger partial charge in [-0.1, -0.05) is 13.0 Å². The Balaban J connectivity index is 1.54. The van der Waals surface area contributed by atoms with Crippen molar-refractivity contribution in [2.45, 2.75) is 51.0 Å². The third-order valence-corrected chi connectivity index (χ3v) is 5.96. The fourth-order valence-electron chi connectivity index (χ4n) is 4.49. The van der Waals surface area contributed by atoms with Crippen molar-refractivity contribution in [1.82, 2.24) is 19.9 Å². The van der Waals surface area contributed by atoms with Crippen LogP contribution in [0.25, 0.3) is 0 Å². The zero-order valence-electron chi connectivity index (χ0n) is 16.2. The van der Waals surface area contributed by atoms with E-state index in [9.17, 15) is 0 Å². The topological polar surface area (TPSA) is 45.2 Å². The summed E-state index contributed by atoms with van der Waals surface area (Å²) in [6, 6.07) is 4.40. The maximum absolute atomic E-state index is 4.97. The molecule has 1 atom stereocenters. The van der Waals surface area contributed by atoms with Gasteiger partial charge in [-0.3, -0.25) is 9.88 Å². The van der Waals surface area contributed by atoms with Crippen LogP contribution in [0.4, 0.5) is 5.95 Å². The number of nitrogens with zero attached hydrogens (tertiary/aromatic N) is 5. The van der Waals surface area contributed by atoms with Crippen LogP contribution < -0.4 is 4.90 Å². The molecule has 1 spiro atoms. The van der Waals surface area contributed by atoms with Gasteiger partial charge in [-0.15, -0.1) is 0 Å². The lowest BCUT2D eigenvalue weighted by Gasteiger charge is -2.40. The van der Waals surface area contributed by atoms with Crippen molar-refractivity contribution >= 4 is 5.95 Å². The van der Waals surface area contributed by atoms with Gasteiger partial charge in [-0.05, 0) is 55.8 Å². The largest absolute Gasteiger partial charge is 0.347 e.